The molecular formula is C14H16F2N2O3. The number of nitro groups is 1. The largest absolute Gasteiger partial charge is 0.349 e. The van der Waals surface area contributed by atoms with Crippen LogP contribution < -0.4 is 5.32 Å². The van der Waals surface area contributed by atoms with Gasteiger partial charge in [0.25, 0.3) is 5.91 Å². The van der Waals surface area contributed by atoms with Crippen LogP contribution in [0, 0.1) is 27.7 Å². The first-order valence-corrected chi connectivity index (χ1v) is 6.85. The molecule has 0 heterocycles. The number of carbonyl (C=O) groups excluding carboxylic acids is 1. The number of hydrogen-bond donors (Lipinski definition) is 1. The van der Waals surface area contributed by atoms with Crippen molar-refractivity contribution in [3.05, 3.63) is 39.4 Å². The zero-order chi connectivity index (χ0) is 15.6. The van der Waals surface area contributed by atoms with E-state index in [1.165, 1.54) is 0 Å². The molecule has 1 atom stereocenters. The Bertz CT molecular complexity index is 572. The van der Waals surface area contributed by atoms with E-state index in [2.05, 4.69) is 5.32 Å². The van der Waals surface area contributed by atoms with E-state index in [-0.39, 0.29) is 12.0 Å². The second-order valence-corrected chi connectivity index (χ2v) is 5.32. The fraction of sp³-hybridized carbons (Fsp3) is 0.500. The van der Waals surface area contributed by atoms with Crippen molar-refractivity contribution in [1.82, 2.24) is 5.32 Å². The number of nitro benzene ring substituents is 1. The molecule has 5 nitrogen and oxygen atoms in total. The summed E-state index contributed by atoms with van der Waals surface area (Å²) < 4.78 is 27.6. The molecule has 0 radical (unpaired) electrons. The van der Waals surface area contributed by atoms with E-state index in [9.17, 15) is 23.7 Å². The molecule has 1 aliphatic carbocycles. The summed E-state index contributed by atoms with van der Waals surface area (Å²) in [6.07, 6.45) is 4.07. The standard InChI is InChI=1S/C14H16F2N2O3/c1-8(9-4-2-3-5-9)17-14(19)12-10(15)6-7-11(13(12)16)18(20)21/h6-9H,2-5H2,1H3,(H,17,19). The molecule has 0 spiro atoms. The second-order valence-electron chi connectivity index (χ2n) is 5.32. The molecule has 0 aliphatic heterocycles. The van der Waals surface area contributed by atoms with Crippen molar-refractivity contribution in [2.24, 2.45) is 5.92 Å². The van der Waals surface area contributed by atoms with Crippen molar-refractivity contribution in [2.75, 3.05) is 0 Å². The smallest absolute Gasteiger partial charge is 0.305 e. The topological polar surface area (TPSA) is 72.2 Å². The Morgan fingerprint density at radius 1 is 1.38 bits per heavy atom. The Morgan fingerprint density at radius 2 is 2.00 bits per heavy atom. The lowest BCUT2D eigenvalue weighted by Crippen LogP contribution is -2.38. The molecule has 1 saturated carbocycles. The maximum Gasteiger partial charge on any atom is 0.305 e. The number of nitrogens with one attached hydrogen (secondary N) is 1. The molecule has 1 amide bonds. The Labute approximate surface area is 120 Å². The lowest BCUT2D eigenvalue weighted by atomic mass is 9.99. The number of rotatable bonds is 4. The summed E-state index contributed by atoms with van der Waals surface area (Å²) in [5.41, 5.74) is -1.80. The first-order chi connectivity index (χ1) is 9.91. The van der Waals surface area contributed by atoms with Gasteiger partial charge < -0.3 is 5.32 Å². The highest BCUT2D eigenvalue weighted by atomic mass is 19.1. The number of halogens is 2. The number of benzene rings is 1. The van der Waals surface area contributed by atoms with Gasteiger partial charge in [-0.2, -0.15) is 4.39 Å². The van der Waals surface area contributed by atoms with Crippen LogP contribution in [0.3, 0.4) is 0 Å². The molecule has 1 aliphatic rings. The summed E-state index contributed by atoms with van der Waals surface area (Å²) in [5.74, 6) is -3.21. The van der Waals surface area contributed by atoms with Crippen LogP contribution in [0.25, 0.3) is 0 Å². The van der Waals surface area contributed by atoms with Crippen LogP contribution in [0.1, 0.15) is 43.0 Å². The van der Waals surface area contributed by atoms with Crippen LogP contribution in [0.2, 0.25) is 0 Å². The van der Waals surface area contributed by atoms with Gasteiger partial charge >= 0.3 is 5.69 Å². The predicted octanol–water partition coefficient (Wildman–Crippen LogP) is 3.18. The van der Waals surface area contributed by atoms with Gasteiger partial charge in [-0.25, -0.2) is 4.39 Å². The van der Waals surface area contributed by atoms with Crippen LogP contribution in [-0.2, 0) is 0 Å². The summed E-state index contributed by atoms with van der Waals surface area (Å²) in [7, 11) is 0. The minimum absolute atomic E-state index is 0.224. The van der Waals surface area contributed by atoms with Crippen LogP contribution in [0.5, 0.6) is 0 Å². The third kappa shape index (κ3) is 3.17. The Hall–Kier alpha value is -2.05. The lowest BCUT2D eigenvalue weighted by molar-refractivity contribution is -0.387. The molecule has 1 unspecified atom stereocenters. The van der Waals surface area contributed by atoms with Gasteiger partial charge in [0.1, 0.15) is 11.4 Å². The highest BCUT2D eigenvalue weighted by Gasteiger charge is 2.29. The first-order valence-electron chi connectivity index (χ1n) is 6.85. The highest BCUT2D eigenvalue weighted by Crippen LogP contribution is 2.28. The molecule has 1 aromatic carbocycles. The van der Waals surface area contributed by atoms with Gasteiger partial charge in [0, 0.05) is 12.1 Å². The van der Waals surface area contributed by atoms with Crippen LogP contribution in [-0.4, -0.2) is 16.9 Å². The fourth-order valence-electron chi connectivity index (χ4n) is 2.74. The molecule has 1 N–H and O–H groups in total. The molecule has 114 valence electrons. The van der Waals surface area contributed by atoms with E-state index in [4.69, 9.17) is 0 Å². The predicted molar refractivity (Wildman–Crippen MR) is 71.9 cm³/mol. The summed E-state index contributed by atoms with van der Waals surface area (Å²) in [5, 5.41) is 13.2. The molecule has 21 heavy (non-hydrogen) atoms. The molecule has 2 rings (SSSR count). The van der Waals surface area contributed by atoms with E-state index in [1.807, 2.05) is 0 Å². The monoisotopic (exact) mass is 298 g/mol. The van der Waals surface area contributed by atoms with Crippen LogP contribution >= 0.6 is 0 Å². The SMILES string of the molecule is CC(NC(=O)c1c(F)ccc([N+](=O)[O-])c1F)C1CCCC1. The quantitative estimate of drug-likeness (QED) is 0.685. The maximum absolute atomic E-state index is 13.9. The van der Waals surface area contributed by atoms with Gasteiger partial charge in [-0.05, 0) is 31.7 Å². The minimum Gasteiger partial charge on any atom is -0.349 e. The first kappa shape index (κ1) is 15.3. The Balaban J connectivity index is 2.22. The van der Waals surface area contributed by atoms with Crippen molar-refractivity contribution < 1.29 is 18.5 Å². The van der Waals surface area contributed by atoms with Crippen molar-refractivity contribution in [3.63, 3.8) is 0 Å². The van der Waals surface area contributed by atoms with E-state index in [1.54, 1.807) is 6.92 Å². The van der Waals surface area contributed by atoms with E-state index in [0.29, 0.717) is 6.07 Å². The third-order valence-electron chi connectivity index (χ3n) is 3.96. The summed E-state index contributed by atoms with van der Waals surface area (Å²) in [6.45, 7) is 1.78. The van der Waals surface area contributed by atoms with Gasteiger partial charge in [0.2, 0.25) is 5.82 Å². The third-order valence-corrected chi connectivity index (χ3v) is 3.96. The van der Waals surface area contributed by atoms with E-state index < -0.39 is 33.7 Å². The average Bonchev–Trinajstić information content (AvgIpc) is 2.91. The lowest BCUT2D eigenvalue weighted by Gasteiger charge is -2.20. The number of hydrogen-bond acceptors (Lipinski definition) is 3. The molecule has 0 bridgehead atoms. The maximum atomic E-state index is 13.9. The number of nitrogens with zero attached hydrogens (tertiary/aromatic N) is 1. The molecule has 1 aromatic rings. The number of carbonyl (C=O) groups is 1. The van der Waals surface area contributed by atoms with Crippen molar-refractivity contribution in [1.29, 1.82) is 0 Å². The van der Waals surface area contributed by atoms with Gasteiger partial charge in [-0.15, -0.1) is 0 Å². The molecule has 1 fully saturated rings. The normalized spacial score (nSPS) is 16.7. The van der Waals surface area contributed by atoms with E-state index >= 15 is 0 Å². The zero-order valence-corrected chi connectivity index (χ0v) is 11.6. The fourth-order valence-corrected chi connectivity index (χ4v) is 2.74. The summed E-state index contributed by atoms with van der Waals surface area (Å²) >= 11 is 0. The van der Waals surface area contributed by atoms with Crippen LogP contribution in [0.15, 0.2) is 12.1 Å². The average molecular weight is 298 g/mol. The Kier molecular flexibility index (Phi) is 4.50. The molecule has 7 heteroatoms. The minimum atomic E-state index is -1.43. The van der Waals surface area contributed by atoms with E-state index in [0.717, 1.165) is 31.7 Å². The van der Waals surface area contributed by atoms with Gasteiger partial charge in [0.15, 0.2) is 0 Å². The zero-order valence-electron chi connectivity index (χ0n) is 11.6. The van der Waals surface area contributed by atoms with Gasteiger partial charge in [0.05, 0.1) is 4.92 Å². The second kappa shape index (κ2) is 6.15. The summed E-state index contributed by atoms with van der Waals surface area (Å²) in [4.78, 5) is 21.7. The Morgan fingerprint density at radius 3 is 2.57 bits per heavy atom. The van der Waals surface area contributed by atoms with Gasteiger partial charge in [-0.3, -0.25) is 14.9 Å². The highest BCUT2D eigenvalue weighted by molar-refractivity contribution is 5.95. The van der Waals surface area contributed by atoms with Crippen molar-refractivity contribution in [3.8, 4) is 0 Å². The molecular weight excluding hydrogens is 282 g/mol. The van der Waals surface area contributed by atoms with Crippen LogP contribution in [0.4, 0.5) is 14.5 Å². The summed E-state index contributed by atoms with van der Waals surface area (Å²) in [6, 6.07) is 1.22. The van der Waals surface area contributed by atoms with Crippen molar-refractivity contribution >= 4 is 11.6 Å². The van der Waals surface area contributed by atoms with Crippen molar-refractivity contribution in [2.45, 2.75) is 38.6 Å². The van der Waals surface area contributed by atoms with Gasteiger partial charge in [-0.1, -0.05) is 12.8 Å². The molecule has 0 saturated heterocycles. The number of amides is 1. The molecule has 0 aromatic heterocycles.